The second kappa shape index (κ2) is 7.92. The molecule has 0 spiro atoms. The van der Waals surface area contributed by atoms with Crippen molar-refractivity contribution in [3.05, 3.63) is 57.9 Å². The van der Waals surface area contributed by atoms with E-state index in [1.54, 1.807) is 31.2 Å². The average Bonchev–Trinajstić information content (AvgIpc) is 3.21. The maximum Gasteiger partial charge on any atom is 0.259 e. The Morgan fingerprint density at radius 1 is 1.03 bits per heavy atom. The van der Waals surface area contributed by atoms with Crippen LogP contribution in [0, 0.1) is 13.8 Å². The Morgan fingerprint density at radius 2 is 1.74 bits per heavy atom. The zero-order valence-corrected chi connectivity index (χ0v) is 20.7. The molecule has 5 rings (SSSR count). The lowest BCUT2D eigenvalue weighted by molar-refractivity contribution is 0.170. The topological polar surface area (TPSA) is 104 Å². The fraction of sp³-hybridized carbons (Fsp3) is 0.375. The number of likely N-dealkylation sites (N-methyl/N-ethyl adjacent to an activating group) is 1. The van der Waals surface area contributed by atoms with E-state index >= 15 is 0 Å². The molecule has 178 valence electrons. The number of piperazine rings is 1. The molecule has 0 aliphatic carbocycles. The van der Waals surface area contributed by atoms with Gasteiger partial charge in [0, 0.05) is 30.9 Å². The van der Waals surface area contributed by atoms with Crippen LogP contribution in [0.2, 0.25) is 0 Å². The number of hydrogen-bond acceptors (Lipinski definition) is 7. The number of fused-ring (bicyclic) bond motifs is 3. The molecular weight excluding hydrogens is 452 g/mol. The number of benzene rings is 2. The smallest absolute Gasteiger partial charge is 0.259 e. The van der Waals surface area contributed by atoms with Crippen LogP contribution in [-0.4, -0.2) is 65.4 Å². The van der Waals surface area contributed by atoms with E-state index < -0.39 is 9.84 Å². The van der Waals surface area contributed by atoms with Gasteiger partial charge in [0.25, 0.3) is 5.56 Å². The number of sulfone groups is 1. The number of anilines is 1. The van der Waals surface area contributed by atoms with Crippen molar-refractivity contribution in [1.82, 2.24) is 24.7 Å². The standard InChI is InChI=1S/C24H28N6O3S/c1-14-6-9-21(15(2)10-14)34(32,33)24-22-25-23(31)19-8-7-18(11-20(19)30(22)27-26-24)29-12-16(3)28(5)17(4)13-29/h6-11,16-17H,12-13H2,1-5H3,(H,25,31)/t16-,17+. The van der Waals surface area contributed by atoms with Crippen LogP contribution in [0.25, 0.3) is 16.6 Å². The molecule has 34 heavy (non-hydrogen) atoms. The Labute approximate surface area is 197 Å². The summed E-state index contributed by atoms with van der Waals surface area (Å²) >= 11 is 0. The third-order valence-corrected chi connectivity index (χ3v) is 8.75. The molecule has 0 amide bonds. The first-order chi connectivity index (χ1) is 16.1. The van der Waals surface area contributed by atoms with Crippen molar-refractivity contribution in [2.45, 2.75) is 49.7 Å². The molecule has 0 unspecified atom stereocenters. The van der Waals surface area contributed by atoms with Crippen molar-refractivity contribution in [3.63, 3.8) is 0 Å². The molecule has 9 nitrogen and oxygen atoms in total. The molecular formula is C24H28N6O3S. The van der Waals surface area contributed by atoms with Crippen molar-refractivity contribution in [1.29, 1.82) is 0 Å². The Kier molecular flexibility index (Phi) is 5.25. The Balaban J connectivity index is 1.67. The molecule has 1 aliphatic rings. The first-order valence-electron chi connectivity index (χ1n) is 11.3. The minimum atomic E-state index is -3.99. The van der Waals surface area contributed by atoms with Crippen LogP contribution in [-0.2, 0) is 9.84 Å². The second-order valence-corrected chi connectivity index (χ2v) is 11.2. The van der Waals surface area contributed by atoms with E-state index in [1.165, 1.54) is 4.52 Å². The number of aromatic nitrogens is 4. The van der Waals surface area contributed by atoms with Crippen molar-refractivity contribution in [2.75, 3.05) is 25.0 Å². The van der Waals surface area contributed by atoms with Gasteiger partial charge < -0.3 is 9.88 Å². The van der Waals surface area contributed by atoms with Gasteiger partial charge in [-0.15, -0.1) is 5.10 Å². The highest BCUT2D eigenvalue weighted by molar-refractivity contribution is 7.91. The first kappa shape index (κ1) is 22.5. The van der Waals surface area contributed by atoms with Crippen molar-refractivity contribution < 1.29 is 8.42 Å². The molecule has 3 heterocycles. The Morgan fingerprint density at radius 3 is 2.41 bits per heavy atom. The Hall–Kier alpha value is -3.24. The summed E-state index contributed by atoms with van der Waals surface area (Å²) in [4.78, 5) is 20.4. The summed E-state index contributed by atoms with van der Waals surface area (Å²) in [5.41, 5.74) is 2.74. The van der Waals surface area contributed by atoms with Crippen LogP contribution in [0.3, 0.4) is 0 Å². The zero-order valence-electron chi connectivity index (χ0n) is 19.9. The normalized spacial score (nSPS) is 19.9. The predicted molar refractivity (Wildman–Crippen MR) is 131 cm³/mol. The van der Waals surface area contributed by atoms with Gasteiger partial charge in [0.15, 0.2) is 5.65 Å². The highest BCUT2D eigenvalue weighted by atomic mass is 32.2. The molecule has 4 aromatic rings. The van der Waals surface area contributed by atoms with E-state index in [4.69, 9.17) is 0 Å². The molecule has 2 aromatic heterocycles. The minimum Gasteiger partial charge on any atom is -0.368 e. The number of nitrogens with one attached hydrogen (secondary N) is 1. The Bertz CT molecular complexity index is 1580. The van der Waals surface area contributed by atoms with E-state index in [2.05, 4.69) is 46.0 Å². The fourth-order valence-corrected chi connectivity index (χ4v) is 6.28. The molecule has 0 bridgehead atoms. The maximum atomic E-state index is 13.5. The van der Waals surface area contributed by atoms with E-state index in [1.807, 2.05) is 19.1 Å². The zero-order chi connectivity index (χ0) is 24.4. The van der Waals surface area contributed by atoms with Crippen LogP contribution in [0.1, 0.15) is 25.0 Å². The first-order valence-corrected chi connectivity index (χ1v) is 12.8. The lowest BCUT2D eigenvalue weighted by Gasteiger charge is -2.43. The summed E-state index contributed by atoms with van der Waals surface area (Å²) in [6.45, 7) is 9.72. The van der Waals surface area contributed by atoms with Gasteiger partial charge in [-0.2, -0.15) is 4.52 Å². The van der Waals surface area contributed by atoms with E-state index in [-0.39, 0.29) is 21.1 Å². The van der Waals surface area contributed by atoms with Crippen molar-refractivity contribution in [2.24, 2.45) is 0 Å². The maximum absolute atomic E-state index is 13.5. The lowest BCUT2D eigenvalue weighted by Crippen LogP contribution is -2.55. The summed E-state index contributed by atoms with van der Waals surface area (Å²) in [6, 6.07) is 11.5. The van der Waals surface area contributed by atoms with Gasteiger partial charge in [0.2, 0.25) is 14.9 Å². The molecule has 1 saturated heterocycles. The van der Waals surface area contributed by atoms with E-state index in [9.17, 15) is 13.2 Å². The van der Waals surface area contributed by atoms with Crippen LogP contribution in [0.5, 0.6) is 0 Å². The third-order valence-electron chi connectivity index (χ3n) is 6.92. The van der Waals surface area contributed by atoms with Gasteiger partial charge in [-0.25, -0.2) is 8.42 Å². The SMILES string of the molecule is Cc1ccc(S(=O)(=O)c2nnn3c2[nH]c(=O)c2ccc(N4C[C@@H](C)N(C)[C@@H](C)C4)cc23)c(C)c1. The summed E-state index contributed by atoms with van der Waals surface area (Å²) in [5.74, 6) is 0. The van der Waals surface area contributed by atoms with Gasteiger partial charge in [-0.3, -0.25) is 9.69 Å². The largest absolute Gasteiger partial charge is 0.368 e. The molecule has 0 saturated carbocycles. The number of H-pyrrole nitrogens is 1. The van der Waals surface area contributed by atoms with Gasteiger partial charge in [0.05, 0.1) is 15.8 Å². The van der Waals surface area contributed by atoms with Gasteiger partial charge in [-0.05, 0) is 64.6 Å². The molecule has 2 atom stereocenters. The third kappa shape index (κ3) is 3.48. The van der Waals surface area contributed by atoms with Crippen molar-refractivity contribution >= 4 is 32.1 Å². The lowest BCUT2D eigenvalue weighted by atomic mass is 10.1. The second-order valence-electron chi connectivity index (χ2n) is 9.35. The number of rotatable bonds is 3. The minimum absolute atomic E-state index is 0.0646. The van der Waals surface area contributed by atoms with E-state index in [0.717, 1.165) is 24.3 Å². The summed E-state index contributed by atoms with van der Waals surface area (Å²) in [5, 5.41) is 8.32. The highest BCUT2D eigenvalue weighted by Crippen LogP contribution is 2.28. The summed E-state index contributed by atoms with van der Waals surface area (Å²) in [7, 11) is -1.86. The van der Waals surface area contributed by atoms with Gasteiger partial charge >= 0.3 is 0 Å². The summed E-state index contributed by atoms with van der Waals surface area (Å²) < 4.78 is 28.3. The highest BCUT2D eigenvalue weighted by Gasteiger charge is 2.29. The number of aromatic amines is 1. The number of nitrogens with zero attached hydrogens (tertiary/aromatic N) is 5. The molecule has 1 fully saturated rings. The summed E-state index contributed by atoms with van der Waals surface area (Å²) in [6.07, 6.45) is 0. The van der Waals surface area contributed by atoms with Crippen LogP contribution in [0.15, 0.2) is 51.1 Å². The van der Waals surface area contributed by atoms with Crippen LogP contribution in [0.4, 0.5) is 5.69 Å². The monoisotopic (exact) mass is 480 g/mol. The molecule has 1 N–H and O–H groups in total. The van der Waals surface area contributed by atoms with Crippen LogP contribution >= 0.6 is 0 Å². The van der Waals surface area contributed by atoms with E-state index in [0.29, 0.717) is 28.6 Å². The molecule has 1 aliphatic heterocycles. The fourth-order valence-electron chi connectivity index (χ4n) is 4.80. The molecule has 2 aromatic carbocycles. The van der Waals surface area contributed by atoms with Crippen LogP contribution < -0.4 is 10.5 Å². The molecule has 10 heteroatoms. The van der Waals surface area contributed by atoms with Crippen molar-refractivity contribution in [3.8, 4) is 0 Å². The van der Waals surface area contributed by atoms with Gasteiger partial charge in [-0.1, -0.05) is 22.9 Å². The predicted octanol–water partition coefficient (Wildman–Crippen LogP) is 2.55. The van der Waals surface area contributed by atoms with Gasteiger partial charge in [0.1, 0.15) is 0 Å². The number of hydrogen-bond donors (Lipinski definition) is 1. The average molecular weight is 481 g/mol. The number of aryl methyl sites for hydroxylation is 2. The quantitative estimate of drug-likeness (QED) is 0.481. The molecule has 0 radical (unpaired) electrons.